The van der Waals surface area contributed by atoms with Crippen molar-refractivity contribution in [1.29, 1.82) is 0 Å². The molecule has 0 saturated heterocycles. The van der Waals surface area contributed by atoms with Crippen LogP contribution in [0.2, 0.25) is 0 Å². The molecule has 2 aromatic carbocycles. The van der Waals surface area contributed by atoms with Crippen molar-refractivity contribution < 1.29 is 33.3 Å². The first-order valence-corrected chi connectivity index (χ1v) is 8.40. The minimum atomic E-state index is -1.89. The van der Waals surface area contributed by atoms with Gasteiger partial charge in [-0.25, -0.2) is 0 Å². The van der Waals surface area contributed by atoms with Crippen LogP contribution in [-0.2, 0) is 5.60 Å². The number of benzene rings is 2. The summed E-state index contributed by atoms with van der Waals surface area (Å²) in [5.41, 5.74) is -0.697. The summed E-state index contributed by atoms with van der Waals surface area (Å²) in [6.45, 7) is 0.0142. The Morgan fingerprint density at radius 1 is 1.11 bits per heavy atom. The van der Waals surface area contributed by atoms with Crippen molar-refractivity contribution in [3.8, 4) is 23.0 Å². The minimum Gasteiger partial charge on any atom is -0.493 e. The number of Topliss-reactive ketones (excluding diaryl/α,β-unsaturated/α-hetero) is 1. The lowest BCUT2D eigenvalue weighted by Crippen LogP contribution is -2.57. The van der Waals surface area contributed by atoms with Gasteiger partial charge in [0, 0.05) is 23.1 Å². The van der Waals surface area contributed by atoms with E-state index in [9.17, 15) is 9.90 Å². The van der Waals surface area contributed by atoms with E-state index in [2.05, 4.69) is 0 Å². The van der Waals surface area contributed by atoms with Gasteiger partial charge in [-0.2, -0.15) is 0 Å². The van der Waals surface area contributed by atoms with Gasteiger partial charge in [-0.3, -0.25) is 4.79 Å². The number of furan rings is 1. The molecule has 2 aliphatic heterocycles. The molecule has 0 radical (unpaired) electrons. The molecule has 1 aromatic heterocycles. The van der Waals surface area contributed by atoms with Crippen molar-refractivity contribution in [3.05, 3.63) is 47.7 Å². The Kier molecular flexibility index (Phi) is 3.21. The van der Waals surface area contributed by atoms with Gasteiger partial charge in [0.1, 0.15) is 23.7 Å². The van der Waals surface area contributed by atoms with E-state index in [-0.39, 0.29) is 6.61 Å². The van der Waals surface area contributed by atoms with E-state index in [4.69, 9.17) is 23.4 Å². The molecule has 0 fully saturated rings. The average molecular weight is 368 g/mol. The maximum Gasteiger partial charge on any atom is 0.206 e. The van der Waals surface area contributed by atoms with Crippen LogP contribution in [0.1, 0.15) is 15.9 Å². The van der Waals surface area contributed by atoms with Gasteiger partial charge >= 0.3 is 0 Å². The monoisotopic (exact) mass is 368 g/mol. The molecular formula is C20H16O7. The lowest BCUT2D eigenvalue weighted by atomic mass is 9.77. The first-order chi connectivity index (χ1) is 13.1. The van der Waals surface area contributed by atoms with Crippen LogP contribution in [0.3, 0.4) is 0 Å². The Morgan fingerprint density at radius 3 is 2.67 bits per heavy atom. The van der Waals surface area contributed by atoms with Crippen LogP contribution < -0.4 is 18.9 Å². The lowest BCUT2D eigenvalue weighted by Gasteiger charge is -2.43. The Labute approximate surface area is 154 Å². The number of ketones is 1. The van der Waals surface area contributed by atoms with Crippen LogP contribution in [0.25, 0.3) is 11.0 Å². The SMILES string of the molecule is COc1cc2c(cc1OC)C1(O)C(=O)c3cc4ccoc4cc3OC1CO2. The lowest BCUT2D eigenvalue weighted by molar-refractivity contribution is -0.0799. The number of carbonyl (C=O) groups excluding carboxylic acids is 1. The zero-order chi connectivity index (χ0) is 18.8. The van der Waals surface area contributed by atoms with Crippen LogP contribution in [0.4, 0.5) is 0 Å². The molecule has 3 aromatic rings. The predicted molar refractivity (Wildman–Crippen MR) is 93.9 cm³/mol. The largest absolute Gasteiger partial charge is 0.493 e. The molecule has 0 amide bonds. The summed E-state index contributed by atoms with van der Waals surface area (Å²) in [4.78, 5) is 13.4. The smallest absolute Gasteiger partial charge is 0.206 e. The van der Waals surface area contributed by atoms with Gasteiger partial charge in [-0.05, 0) is 18.2 Å². The molecule has 27 heavy (non-hydrogen) atoms. The van der Waals surface area contributed by atoms with Crippen LogP contribution in [0.5, 0.6) is 23.0 Å². The predicted octanol–water partition coefficient (Wildman–Crippen LogP) is 2.67. The fourth-order valence-corrected chi connectivity index (χ4v) is 3.75. The molecule has 1 N–H and O–H groups in total. The molecule has 2 unspecified atom stereocenters. The second-order valence-corrected chi connectivity index (χ2v) is 6.52. The van der Waals surface area contributed by atoms with Crippen LogP contribution in [0.15, 0.2) is 41.0 Å². The molecule has 7 nitrogen and oxygen atoms in total. The quantitative estimate of drug-likeness (QED) is 0.744. The topological polar surface area (TPSA) is 87.4 Å². The second kappa shape index (κ2) is 5.40. The molecule has 0 aliphatic carbocycles. The third kappa shape index (κ3) is 2.03. The number of hydrogen-bond donors (Lipinski definition) is 1. The first-order valence-electron chi connectivity index (χ1n) is 8.40. The van der Waals surface area contributed by atoms with Gasteiger partial charge < -0.3 is 28.5 Å². The van der Waals surface area contributed by atoms with Crippen molar-refractivity contribution in [2.45, 2.75) is 11.7 Å². The van der Waals surface area contributed by atoms with E-state index in [1.807, 2.05) is 0 Å². The summed E-state index contributed by atoms with van der Waals surface area (Å²) in [6.07, 6.45) is 0.647. The van der Waals surface area contributed by atoms with E-state index < -0.39 is 17.5 Å². The second-order valence-electron chi connectivity index (χ2n) is 6.52. The highest BCUT2D eigenvalue weighted by molar-refractivity contribution is 6.09. The molecule has 0 spiro atoms. The summed E-state index contributed by atoms with van der Waals surface area (Å²) in [7, 11) is 2.99. The standard InChI is InChI=1S/C20H16O7/c1-23-16-6-12-15(8-17(16)24-2)26-9-18-20(12,22)19(21)11-5-10-3-4-25-13(10)7-14(11)27-18/h3-8,18,22H,9H2,1-2H3. The maximum atomic E-state index is 13.4. The van der Waals surface area contributed by atoms with Crippen LogP contribution >= 0.6 is 0 Å². The highest BCUT2D eigenvalue weighted by Crippen LogP contribution is 2.49. The van der Waals surface area contributed by atoms with E-state index in [1.54, 1.807) is 30.3 Å². The molecule has 5 rings (SSSR count). The molecule has 0 saturated carbocycles. The summed E-state index contributed by atoms with van der Waals surface area (Å²) in [5, 5.41) is 12.2. The Bertz CT molecular complexity index is 1080. The average Bonchev–Trinajstić information content (AvgIpc) is 3.14. The maximum absolute atomic E-state index is 13.4. The fraction of sp³-hybridized carbons (Fsp3) is 0.250. The third-order valence-corrected chi connectivity index (χ3v) is 5.17. The van der Waals surface area contributed by atoms with Gasteiger partial charge in [0.15, 0.2) is 23.2 Å². The van der Waals surface area contributed by atoms with Crippen molar-refractivity contribution in [3.63, 3.8) is 0 Å². The zero-order valence-corrected chi connectivity index (χ0v) is 14.6. The number of aliphatic hydroxyl groups is 1. The van der Waals surface area contributed by atoms with Gasteiger partial charge in [0.05, 0.1) is 26.0 Å². The molecule has 138 valence electrons. The van der Waals surface area contributed by atoms with Gasteiger partial charge in [0.25, 0.3) is 0 Å². The summed E-state index contributed by atoms with van der Waals surface area (Å²) < 4.78 is 27.7. The molecule has 0 bridgehead atoms. The van der Waals surface area contributed by atoms with Crippen LogP contribution in [-0.4, -0.2) is 37.8 Å². The van der Waals surface area contributed by atoms with E-state index in [0.29, 0.717) is 39.7 Å². The minimum absolute atomic E-state index is 0.0142. The highest BCUT2D eigenvalue weighted by Gasteiger charge is 2.56. The number of hydrogen-bond acceptors (Lipinski definition) is 7. The Balaban J connectivity index is 1.72. The number of ether oxygens (including phenoxy) is 4. The summed E-state index contributed by atoms with van der Waals surface area (Å²) >= 11 is 0. The van der Waals surface area contributed by atoms with E-state index in [1.165, 1.54) is 20.5 Å². The fourth-order valence-electron chi connectivity index (χ4n) is 3.75. The number of methoxy groups -OCH3 is 2. The Morgan fingerprint density at radius 2 is 1.89 bits per heavy atom. The van der Waals surface area contributed by atoms with Gasteiger partial charge in [0.2, 0.25) is 5.78 Å². The van der Waals surface area contributed by atoms with Crippen molar-refractivity contribution in [1.82, 2.24) is 0 Å². The first kappa shape index (κ1) is 16.0. The number of fused-ring (bicyclic) bond motifs is 5. The normalized spacial score (nSPS) is 22.9. The number of rotatable bonds is 2. The van der Waals surface area contributed by atoms with Gasteiger partial charge in [-0.1, -0.05) is 0 Å². The highest BCUT2D eigenvalue weighted by atomic mass is 16.6. The van der Waals surface area contributed by atoms with E-state index in [0.717, 1.165) is 5.39 Å². The van der Waals surface area contributed by atoms with Crippen molar-refractivity contribution in [2.75, 3.05) is 20.8 Å². The molecule has 7 heteroatoms. The van der Waals surface area contributed by atoms with Crippen molar-refractivity contribution >= 4 is 16.8 Å². The number of carbonyl (C=O) groups is 1. The third-order valence-electron chi connectivity index (χ3n) is 5.17. The van der Waals surface area contributed by atoms with Crippen LogP contribution in [0, 0.1) is 0 Å². The molecular weight excluding hydrogens is 352 g/mol. The Hall–Kier alpha value is -3.19. The van der Waals surface area contributed by atoms with Gasteiger partial charge in [-0.15, -0.1) is 0 Å². The molecule has 2 atom stereocenters. The van der Waals surface area contributed by atoms with E-state index >= 15 is 0 Å². The summed E-state index contributed by atoms with van der Waals surface area (Å²) in [6, 6.07) is 8.24. The summed E-state index contributed by atoms with van der Waals surface area (Å²) in [5.74, 6) is 1.11. The molecule has 2 aliphatic rings. The molecule has 3 heterocycles. The zero-order valence-electron chi connectivity index (χ0n) is 14.6. The van der Waals surface area contributed by atoms with Crippen molar-refractivity contribution in [2.24, 2.45) is 0 Å².